The summed E-state index contributed by atoms with van der Waals surface area (Å²) in [5, 5.41) is 0. The molecule has 3 saturated heterocycles. The lowest BCUT2D eigenvalue weighted by Gasteiger charge is -2.25. The van der Waals surface area contributed by atoms with Gasteiger partial charge in [-0.2, -0.15) is 0 Å². The van der Waals surface area contributed by atoms with Crippen molar-refractivity contribution in [2.75, 3.05) is 19.8 Å². The van der Waals surface area contributed by atoms with Crippen LogP contribution in [0.25, 0.3) is 0 Å². The van der Waals surface area contributed by atoms with Gasteiger partial charge in [-0.3, -0.25) is 70.2 Å². The van der Waals surface area contributed by atoms with Gasteiger partial charge in [-0.05, 0) is 20.8 Å². The van der Waals surface area contributed by atoms with E-state index in [0.717, 1.165) is 32.3 Å². The van der Waals surface area contributed by atoms with Gasteiger partial charge < -0.3 is 43.6 Å². The summed E-state index contributed by atoms with van der Waals surface area (Å²) in [5.41, 5.74) is -5.04. The number of ether oxygens (including phenoxy) is 3. The van der Waals surface area contributed by atoms with E-state index >= 15 is 0 Å². The molecular weight excluding hydrogens is 968 g/mol. The van der Waals surface area contributed by atoms with Crippen LogP contribution in [-0.2, 0) is 59.6 Å². The van der Waals surface area contributed by atoms with Crippen LogP contribution in [0, 0.1) is 20.8 Å². The lowest BCUT2D eigenvalue weighted by molar-refractivity contribution is -0.0614. The largest absolute Gasteiger partial charge is 0.472 e. The Morgan fingerprint density at radius 3 is 1.09 bits per heavy atom. The molecule has 3 aliphatic heterocycles. The van der Waals surface area contributed by atoms with Gasteiger partial charge in [0.2, 0.25) is 0 Å². The Bertz CT molecular complexity index is 2830. The third-order valence-electron chi connectivity index (χ3n) is 9.93. The van der Waals surface area contributed by atoms with Gasteiger partial charge >= 0.3 is 48.4 Å². The molecule has 0 spiro atoms. The topological polar surface area (TPSA) is 437 Å². The number of hydrogen-bond donors (Lipinski definition) is 9. The molecule has 362 valence electrons. The van der Waals surface area contributed by atoms with E-state index in [1.165, 1.54) is 20.8 Å². The smallest absolute Gasteiger partial charge is 0.349 e. The number of nitrogens with one attached hydrogen (secondary N) is 3. The summed E-state index contributed by atoms with van der Waals surface area (Å²) in [6.07, 6.45) is -11.9. The summed E-state index contributed by atoms with van der Waals surface area (Å²) in [5.74, 6) is 0. The van der Waals surface area contributed by atoms with Crippen molar-refractivity contribution in [1.82, 2.24) is 28.7 Å². The van der Waals surface area contributed by atoms with E-state index in [9.17, 15) is 76.4 Å². The fourth-order valence-electron chi connectivity index (χ4n) is 6.88. The van der Waals surface area contributed by atoms with Gasteiger partial charge in [0.05, 0.1) is 19.8 Å². The number of aromatic nitrogens is 6. The highest BCUT2D eigenvalue weighted by molar-refractivity contribution is 7.47. The normalized spacial score (nSPS) is 28.0. The van der Waals surface area contributed by atoms with Gasteiger partial charge in [-0.25, -0.2) is 32.6 Å². The van der Waals surface area contributed by atoms with Gasteiger partial charge in [0.1, 0.15) is 55.3 Å². The molecule has 9 N–H and O–H groups in total. The van der Waals surface area contributed by atoms with Crippen LogP contribution in [0.3, 0.4) is 0 Å². The van der Waals surface area contributed by atoms with Gasteiger partial charge in [0.25, 0.3) is 16.7 Å². The SMILES string of the molecule is Cc1cn([C@H]2C[C@H](OP(=O)(O)O)[C@@H](COP(=O)(O)O[C@H]3C[C@H](n4cc(C)c(=O)[nH]c4=O)O[C@@H]3COP(=O)(O)O[C@H]3C[C@H](n4cc(C)c(=O)[nH]c4=O)O[C@@H]3COP(=O)(O)O)O2)c(=O)[nH]c1=O. The highest BCUT2D eigenvalue weighted by atomic mass is 31.2. The second-order valence-electron chi connectivity index (χ2n) is 14.8. The predicted molar refractivity (Wildman–Crippen MR) is 210 cm³/mol. The molecule has 11 atom stereocenters. The molecular formula is C30H42N6O25P4. The molecule has 3 fully saturated rings. The zero-order chi connectivity index (χ0) is 48.0. The van der Waals surface area contributed by atoms with E-state index in [0.29, 0.717) is 0 Å². The Balaban J connectivity index is 1.19. The minimum atomic E-state index is -5.37. The van der Waals surface area contributed by atoms with Crippen molar-refractivity contribution in [3.63, 3.8) is 0 Å². The van der Waals surface area contributed by atoms with Crippen LogP contribution in [0.1, 0.15) is 54.6 Å². The lowest BCUT2D eigenvalue weighted by Crippen LogP contribution is -2.33. The summed E-state index contributed by atoms with van der Waals surface area (Å²) >= 11 is 0. The van der Waals surface area contributed by atoms with Crippen LogP contribution >= 0.6 is 31.3 Å². The number of phosphoric acid groups is 4. The standard InChI is InChI=1S/C30H42N6O25P4/c1-13-7-34(28(40)31-25(13)37)22-4-16(59-63(46,47)48)20(57-22)11-54-64(49,50)61-18-6-24(36-9-15(3)27(39)33-30(36)42)58-21(18)12-55-65(51,52)60-17-5-23(56-19(17)10-53-62(43,44)45)35-8-14(2)26(38)32-29(35)41/h7-9,16-24H,4-6,10-12H2,1-3H3,(H,49,50)(H,51,52)(H,31,37,40)(H,32,38,41)(H,33,39,42)(H2,43,44,45)(H2,46,47,48)/t16-,17-,18-,19+,20+,21+,22+,23+,24+/m0/s1. The minimum Gasteiger partial charge on any atom is -0.349 e. The van der Waals surface area contributed by atoms with Crippen LogP contribution < -0.4 is 33.7 Å². The molecule has 6 rings (SSSR count). The fourth-order valence-corrected chi connectivity index (χ4v) is 9.72. The summed E-state index contributed by atoms with van der Waals surface area (Å²) in [7, 11) is -21.1. The van der Waals surface area contributed by atoms with Gasteiger partial charge in [0, 0.05) is 54.5 Å². The zero-order valence-electron chi connectivity index (χ0n) is 33.7. The van der Waals surface area contributed by atoms with Crippen LogP contribution in [0.15, 0.2) is 47.4 Å². The van der Waals surface area contributed by atoms with Crippen molar-refractivity contribution in [3.8, 4) is 0 Å². The number of H-pyrrole nitrogens is 3. The molecule has 3 aromatic rings. The number of phosphoric ester groups is 4. The number of aryl methyl sites for hydroxylation is 3. The number of nitrogens with zero attached hydrogens (tertiary/aromatic N) is 3. The summed E-state index contributed by atoms with van der Waals surface area (Å²) in [6.45, 7) is 1.07. The minimum absolute atomic E-state index is 0.0182. The second-order valence-corrected chi connectivity index (χ2v) is 20.0. The van der Waals surface area contributed by atoms with Gasteiger partial charge in [-0.15, -0.1) is 0 Å². The van der Waals surface area contributed by atoms with Crippen LogP contribution in [-0.4, -0.2) is 114 Å². The zero-order valence-corrected chi connectivity index (χ0v) is 37.3. The molecule has 0 aromatic carbocycles. The van der Waals surface area contributed by atoms with Crippen molar-refractivity contribution in [2.45, 2.75) is 95.3 Å². The maximum Gasteiger partial charge on any atom is 0.472 e. The average molecular weight is 1010 g/mol. The Kier molecular flexibility index (Phi) is 15.3. The first-order valence-electron chi connectivity index (χ1n) is 18.7. The molecule has 65 heavy (non-hydrogen) atoms. The molecule has 0 radical (unpaired) electrons. The summed E-state index contributed by atoms with van der Waals surface area (Å²) in [4.78, 5) is 139. The number of rotatable bonds is 18. The predicted octanol–water partition coefficient (Wildman–Crippen LogP) is -1.98. The van der Waals surface area contributed by atoms with Crippen LogP contribution in [0.5, 0.6) is 0 Å². The van der Waals surface area contributed by atoms with Crippen molar-refractivity contribution in [3.05, 3.63) is 97.8 Å². The Hall–Kier alpha value is -3.64. The molecule has 0 bridgehead atoms. The quantitative estimate of drug-likeness (QED) is 0.0623. The highest BCUT2D eigenvalue weighted by Gasteiger charge is 2.48. The molecule has 6 heterocycles. The van der Waals surface area contributed by atoms with Crippen molar-refractivity contribution >= 4 is 31.3 Å². The van der Waals surface area contributed by atoms with E-state index in [4.69, 9.17) is 36.8 Å². The maximum atomic E-state index is 13.5. The summed E-state index contributed by atoms with van der Waals surface area (Å²) < 4.78 is 100. The maximum absolute atomic E-state index is 13.5. The first-order valence-corrected chi connectivity index (χ1v) is 24.8. The molecule has 31 nitrogen and oxygen atoms in total. The van der Waals surface area contributed by atoms with E-state index < -0.39 is 159 Å². The summed E-state index contributed by atoms with van der Waals surface area (Å²) in [6, 6.07) is 0. The molecule has 0 saturated carbocycles. The van der Waals surface area contributed by atoms with Gasteiger partial charge in [-0.1, -0.05) is 0 Å². The first kappa shape index (κ1) is 50.8. The molecule has 35 heteroatoms. The highest BCUT2D eigenvalue weighted by Crippen LogP contribution is 2.53. The monoisotopic (exact) mass is 1010 g/mol. The molecule has 2 unspecified atom stereocenters. The fraction of sp³-hybridized carbons (Fsp3) is 0.600. The van der Waals surface area contributed by atoms with Crippen molar-refractivity contribution in [2.24, 2.45) is 0 Å². The van der Waals surface area contributed by atoms with Crippen molar-refractivity contribution in [1.29, 1.82) is 0 Å². The molecule has 3 aliphatic rings. The van der Waals surface area contributed by atoms with E-state index in [-0.39, 0.29) is 16.7 Å². The lowest BCUT2D eigenvalue weighted by atomic mass is 10.2. The average Bonchev–Trinajstić information content (AvgIpc) is 3.88. The molecule has 0 amide bonds. The molecule has 3 aromatic heterocycles. The van der Waals surface area contributed by atoms with Crippen LogP contribution in [0.4, 0.5) is 0 Å². The van der Waals surface area contributed by atoms with Gasteiger partial charge in [0.15, 0.2) is 0 Å². The molecule has 0 aliphatic carbocycles. The van der Waals surface area contributed by atoms with Crippen LogP contribution in [0.2, 0.25) is 0 Å². The Labute approximate surface area is 361 Å². The number of aromatic amines is 3. The number of hydrogen-bond acceptors (Lipinski definition) is 19. The van der Waals surface area contributed by atoms with E-state index in [1.54, 1.807) is 0 Å². The Morgan fingerprint density at radius 1 is 0.508 bits per heavy atom. The van der Waals surface area contributed by atoms with E-state index in [2.05, 4.69) is 4.52 Å². The third kappa shape index (κ3) is 13.1. The first-order chi connectivity index (χ1) is 30.1. The van der Waals surface area contributed by atoms with Crippen molar-refractivity contribution < 1.29 is 89.0 Å². The Morgan fingerprint density at radius 2 is 0.800 bits per heavy atom. The second kappa shape index (κ2) is 19.5. The third-order valence-corrected chi connectivity index (χ3v) is 13.0. The van der Waals surface area contributed by atoms with E-state index in [1.807, 2.05) is 15.0 Å².